The summed E-state index contributed by atoms with van der Waals surface area (Å²) in [5, 5.41) is 0. The van der Waals surface area contributed by atoms with Crippen LogP contribution >= 0.6 is 0 Å². The average molecular weight is 471 g/mol. The van der Waals surface area contributed by atoms with Crippen LogP contribution in [0.2, 0.25) is 0 Å². The molecule has 0 saturated heterocycles. The summed E-state index contributed by atoms with van der Waals surface area (Å²) in [6.07, 6.45) is 4.40. The number of rotatable bonds is 7. The molecule has 3 aromatic rings. The first-order chi connectivity index (χ1) is 16.4. The van der Waals surface area contributed by atoms with Crippen LogP contribution in [0.25, 0.3) is 11.1 Å². The van der Waals surface area contributed by atoms with Crippen molar-refractivity contribution in [3.63, 3.8) is 0 Å². The molecule has 3 aromatic carbocycles. The molecular formula is C29H30F4O. The van der Waals surface area contributed by atoms with Gasteiger partial charge in [0.25, 0.3) is 0 Å². The summed E-state index contributed by atoms with van der Waals surface area (Å²) in [4.78, 5) is 0. The normalized spacial score (nSPS) is 18.2. The van der Waals surface area contributed by atoms with Crippen molar-refractivity contribution in [2.75, 3.05) is 6.61 Å². The van der Waals surface area contributed by atoms with Gasteiger partial charge in [-0.15, -0.1) is 0 Å². The Kier molecular flexibility index (Phi) is 7.60. The van der Waals surface area contributed by atoms with Crippen molar-refractivity contribution in [1.82, 2.24) is 0 Å². The fraction of sp³-hybridized carbons (Fsp3) is 0.379. The molecule has 0 aliphatic heterocycles. The molecule has 1 aliphatic rings. The Morgan fingerprint density at radius 2 is 1.47 bits per heavy atom. The van der Waals surface area contributed by atoms with Gasteiger partial charge in [-0.2, -0.15) is 4.39 Å². The van der Waals surface area contributed by atoms with Gasteiger partial charge < -0.3 is 4.74 Å². The second-order valence-electron chi connectivity index (χ2n) is 9.24. The lowest BCUT2D eigenvalue weighted by atomic mass is 9.76. The largest absolute Gasteiger partial charge is 0.491 e. The lowest BCUT2D eigenvalue weighted by molar-refractivity contribution is 0.301. The van der Waals surface area contributed by atoms with Crippen LogP contribution in [0.5, 0.6) is 5.75 Å². The molecule has 0 amide bonds. The van der Waals surface area contributed by atoms with Crippen LogP contribution in [0.4, 0.5) is 17.6 Å². The molecule has 1 fully saturated rings. The third kappa shape index (κ3) is 5.13. The molecule has 1 nitrogen and oxygen atoms in total. The summed E-state index contributed by atoms with van der Waals surface area (Å²) in [5.74, 6) is -3.07. The number of aryl methyl sites for hydroxylation is 2. The zero-order chi connectivity index (χ0) is 24.2. The first kappa shape index (κ1) is 24.3. The molecular weight excluding hydrogens is 440 g/mol. The van der Waals surface area contributed by atoms with Gasteiger partial charge >= 0.3 is 0 Å². The van der Waals surface area contributed by atoms with E-state index in [-0.39, 0.29) is 23.8 Å². The van der Waals surface area contributed by atoms with E-state index in [1.807, 2.05) is 19.1 Å². The zero-order valence-electron chi connectivity index (χ0n) is 19.6. The summed E-state index contributed by atoms with van der Waals surface area (Å²) in [5.41, 5.74) is 2.79. The number of hydrogen-bond acceptors (Lipinski definition) is 1. The summed E-state index contributed by atoms with van der Waals surface area (Å²) < 4.78 is 63.4. The smallest absolute Gasteiger partial charge is 0.200 e. The van der Waals surface area contributed by atoms with E-state index >= 15 is 0 Å². The third-order valence-electron chi connectivity index (χ3n) is 7.01. The number of benzene rings is 3. The van der Waals surface area contributed by atoms with Crippen LogP contribution in [0.1, 0.15) is 61.6 Å². The summed E-state index contributed by atoms with van der Waals surface area (Å²) in [7, 11) is 0. The summed E-state index contributed by atoms with van der Waals surface area (Å²) >= 11 is 0. The molecule has 0 atom stereocenters. The second kappa shape index (κ2) is 10.6. The van der Waals surface area contributed by atoms with E-state index in [0.717, 1.165) is 37.7 Å². The standard InChI is InChI=1S/C29H30F4O/c1-3-34-25-17-14-22(26(30)29(25)33)13-8-19-6-11-21(12-7-19)24-16-15-23(27(31)28(24)32)20-9-4-18(2)5-10-20/h4-5,9-10,14-17,19,21H,3,6-8,11-13H2,1-2H3. The van der Waals surface area contributed by atoms with Crippen LogP contribution in [0.3, 0.4) is 0 Å². The predicted octanol–water partition coefficient (Wildman–Crippen LogP) is 8.52. The van der Waals surface area contributed by atoms with Crippen LogP contribution in [0, 0.1) is 36.1 Å². The van der Waals surface area contributed by atoms with E-state index in [9.17, 15) is 17.6 Å². The van der Waals surface area contributed by atoms with Gasteiger partial charge in [-0.05, 0) is 87.0 Å². The molecule has 1 saturated carbocycles. The van der Waals surface area contributed by atoms with Crippen molar-refractivity contribution in [3.8, 4) is 16.9 Å². The number of halogens is 4. The molecule has 34 heavy (non-hydrogen) atoms. The molecule has 0 unspecified atom stereocenters. The zero-order valence-corrected chi connectivity index (χ0v) is 19.6. The van der Waals surface area contributed by atoms with Crippen LogP contribution in [-0.2, 0) is 6.42 Å². The van der Waals surface area contributed by atoms with E-state index in [1.165, 1.54) is 6.07 Å². The molecule has 1 aliphatic carbocycles. The summed E-state index contributed by atoms with van der Waals surface area (Å²) in [6, 6.07) is 13.8. The van der Waals surface area contributed by atoms with Crippen molar-refractivity contribution >= 4 is 0 Å². The minimum absolute atomic E-state index is 0.0301. The van der Waals surface area contributed by atoms with Crippen LogP contribution in [-0.4, -0.2) is 6.61 Å². The second-order valence-corrected chi connectivity index (χ2v) is 9.24. The molecule has 0 N–H and O–H groups in total. The monoisotopic (exact) mass is 470 g/mol. The van der Waals surface area contributed by atoms with Gasteiger partial charge in [-0.25, -0.2) is 13.2 Å². The van der Waals surface area contributed by atoms with Gasteiger partial charge in [0, 0.05) is 5.56 Å². The van der Waals surface area contributed by atoms with Crippen LogP contribution < -0.4 is 4.74 Å². The Bertz CT molecular complexity index is 1130. The van der Waals surface area contributed by atoms with E-state index in [1.54, 1.807) is 37.3 Å². The van der Waals surface area contributed by atoms with E-state index in [0.29, 0.717) is 29.0 Å². The Labute approximate surface area is 198 Å². The molecule has 0 heterocycles. The third-order valence-corrected chi connectivity index (χ3v) is 7.01. The highest BCUT2D eigenvalue weighted by Crippen LogP contribution is 2.40. The highest BCUT2D eigenvalue weighted by atomic mass is 19.2. The molecule has 4 rings (SSSR count). The van der Waals surface area contributed by atoms with Crippen molar-refractivity contribution in [1.29, 1.82) is 0 Å². The lowest BCUT2D eigenvalue weighted by Crippen LogP contribution is -2.16. The maximum absolute atomic E-state index is 15.0. The molecule has 0 aromatic heterocycles. The maximum atomic E-state index is 15.0. The minimum Gasteiger partial charge on any atom is -0.491 e. The predicted molar refractivity (Wildman–Crippen MR) is 127 cm³/mol. The van der Waals surface area contributed by atoms with Gasteiger partial charge in [0.15, 0.2) is 23.2 Å². The van der Waals surface area contributed by atoms with Crippen molar-refractivity contribution in [3.05, 3.63) is 88.5 Å². The minimum atomic E-state index is -0.936. The maximum Gasteiger partial charge on any atom is 0.200 e. The van der Waals surface area contributed by atoms with Gasteiger partial charge in [-0.3, -0.25) is 0 Å². The first-order valence-electron chi connectivity index (χ1n) is 12.0. The topological polar surface area (TPSA) is 9.23 Å². The van der Waals surface area contributed by atoms with Gasteiger partial charge in [-0.1, -0.05) is 48.0 Å². The molecule has 5 heteroatoms. The van der Waals surface area contributed by atoms with Crippen LogP contribution in [0.15, 0.2) is 48.5 Å². The Hall–Kier alpha value is -2.82. The Morgan fingerprint density at radius 3 is 2.15 bits per heavy atom. The fourth-order valence-corrected chi connectivity index (χ4v) is 4.99. The number of hydrogen-bond donors (Lipinski definition) is 0. The van der Waals surface area contributed by atoms with E-state index in [2.05, 4.69) is 0 Å². The summed E-state index contributed by atoms with van der Waals surface area (Å²) in [6.45, 7) is 3.95. The first-order valence-corrected chi connectivity index (χ1v) is 12.0. The van der Waals surface area contributed by atoms with Gasteiger partial charge in [0.2, 0.25) is 5.82 Å². The average Bonchev–Trinajstić information content (AvgIpc) is 2.84. The van der Waals surface area contributed by atoms with E-state index < -0.39 is 23.3 Å². The lowest BCUT2D eigenvalue weighted by Gasteiger charge is -2.29. The molecule has 0 bridgehead atoms. The van der Waals surface area contributed by atoms with Gasteiger partial charge in [0.1, 0.15) is 0 Å². The molecule has 180 valence electrons. The SMILES string of the molecule is CCOc1ccc(CCC2CCC(c3ccc(-c4ccc(C)cc4)c(F)c3F)CC2)c(F)c1F. The molecule has 0 spiro atoms. The highest BCUT2D eigenvalue weighted by Gasteiger charge is 2.27. The van der Waals surface area contributed by atoms with Gasteiger partial charge in [0.05, 0.1) is 6.61 Å². The van der Waals surface area contributed by atoms with Crippen molar-refractivity contribution in [2.24, 2.45) is 5.92 Å². The Balaban J connectivity index is 1.37. The molecule has 0 radical (unpaired) electrons. The van der Waals surface area contributed by atoms with E-state index in [4.69, 9.17) is 4.74 Å². The van der Waals surface area contributed by atoms with Crippen molar-refractivity contribution in [2.45, 2.75) is 58.3 Å². The quantitative estimate of drug-likeness (QED) is 0.315. The number of ether oxygens (including phenoxy) is 1. The Morgan fingerprint density at radius 1 is 0.765 bits per heavy atom. The van der Waals surface area contributed by atoms with Crippen molar-refractivity contribution < 1.29 is 22.3 Å². The highest BCUT2D eigenvalue weighted by molar-refractivity contribution is 5.65. The fourth-order valence-electron chi connectivity index (χ4n) is 4.99.